The maximum Gasteiger partial charge on any atom is 0.416 e. The van der Waals surface area contributed by atoms with Crippen molar-refractivity contribution in [1.29, 1.82) is 0 Å². The molecule has 3 fully saturated rings. The van der Waals surface area contributed by atoms with E-state index in [2.05, 4.69) is 24.8 Å². The quantitative estimate of drug-likeness (QED) is 0.419. The van der Waals surface area contributed by atoms with E-state index in [4.69, 9.17) is 4.74 Å². The van der Waals surface area contributed by atoms with Crippen LogP contribution < -0.4 is 4.74 Å². The second-order valence-electron chi connectivity index (χ2n) is 13.6. The van der Waals surface area contributed by atoms with E-state index < -0.39 is 22.8 Å². The second kappa shape index (κ2) is 9.84. The first kappa shape index (κ1) is 28.0. The molecule has 5 aliphatic rings. The zero-order valence-electron chi connectivity index (χ0n) is 24.2. The third-order valence-corrected chi connectivity index (χ3v) is 10.5. The van der Waals surface area contributed by atoms with Crippen LogP contribution >= 0.6 is 0 Å². The molecule has 0 radical (unpaired) electrons. The summed E-state index contributed by atoms with van der Waals surface area (Å²) in [6.07, 6.45) is 3.34. The van der Waals surface area contributed by atoms with Crippen LogP contribution in [-0.4, -0.2) is 64.2 Å². The number of halogens is 3. The van der Waals surface area contributed by atoms with Crippen molar-refractivity contribution < 1.29 is 27.8 Å². The number of benzene rings is 2. The molecule has 0 unspecified atom stereocenters. The van der Waals surface area contributed by atoms with Crippen LogP contribution in [0.5, 0.6) is 5.75 Å². The van der Waals surface area contributed by atoms with Gasteiger partial charge in [0.15, 0.2) is 0 Å². The van der Waals surface area contributed by atoms with Gasteiger partial charge in [-0.25, -0.2) is 0 Å². The minimum absolute atomic E-state index is 0.0230. The molecule has 2 heterocycles. The highest BCUT2D eigenvalue weighted by Crippen LogP contribution is 2.64. The van der Waals surface area contributed by atoms with Gasteiger partial charge >= 0.3 is 6.18 Å². The maximum absolute atomic E-state index is 13.9. The molecule has 1 spiro atoms. The Kier molecular flexibility index (Phi) is 6.55. The Morgan fingerprint density at radius 2 is 1.95 bits per heavy atom. The number of hydrogen-bond acceptors (Lipinski definition) is 4. The van der Waals surface area contributed by atoms with Crippen LogP contribution in [-0.2, 0) is 22.8 Å². The van der Waals surface area contributed by atoms with Gasteiger partial charge in [0, 0.05) is 30.8 Å². The Hall–Kier alpha value is -2.84. The molecule has 2 aliphatic heterocycles. The number of carbonyl (C=O) groups is 1. The van der Waals surface area contributed by atoms with Crippen molar-refractivity contribution >= 4 is 12.0 Å². The summed E-state index contributed by atoms with van der Waals surface area (Å²) in [5.41, 5.74) is 0.436. The number of aliphatic hydroxyl groups is 1. The Bertz CT molecular complexity index is 1420. The van der Waals surface area contributed by atoms with Gasteiger partial charge in [0.05, 0.1) is 22.6 Å². The molecule has 2 aromatic carbocycles. The molecule has 42 heavy (non-hydrogen) atoms. The smallest absolute Gasteiger partial charge is 0.416 e. The molecule has 2 aromatic rings. The molecule has 7 rings (SSSR count). The van der Waals surface area contributed by atoms with E-state index in [1.54, 1.807) is 6.07 Å². The van der Waals surface area contributed by atoms with E-state index in [1.807, 2.05) is 17.0 Å². The Morgan fingerprint density at radius 1 is 1.17 bits per heavy atom. The summed E-state index contributed by atoms with van der Waals surface area (Å²) in [7, 11) is 0. The van der Waals surface area contributed by atoms with Gasteiger partial charge < -0.3 is 14.7 Å². The lowest BCUT2D eigenvalue weighted by Gasteiger charge is -2.65. The molecule has 1 amide bonds. The number of hydrogen-bond donors (Lipinski definition) is 1. The number of likely N-dealkylation sites (tertiary alicyclic amines) is 1. The van der Waals surface area contributed by atoms with E-state index in [9.17, 15) is 23.1 Å². The van der Waals surface area contributed by atoms with Crippen molar-refractivity contribution in [2.75, 3.05) is 19.6 Å². The van der Waals surface area contributed by atoms with Crippen molar-refractivity contribution in [3.05, 3.63) is 70.8 Å². The molecular weight excluding hydrogens is 541 g/mol. The minimum atomic E-state index is -4.45. The minimum Gasteiger partial charge on any atom is -0.487 e. The number of ether oxygens (including phenoxy) is 1. The van der Waals surface area contributed by atoms with E-state index in [-0.39, 0.29) is 30.0 Å². The zero-order chi connectivity index (χ0) is 29.4. The zero-order valence-corrected chi connectivity index (χ0v) is 24.2. The van der Waals surface area contributed by atoms with E-state index in [1.165, 1.54) is 36.6 Å². The number of carbonyl (C=O) groups excluding carboxylic acids is 1. The van der Waals surface area contributed by atoms with Gasteiger partial charge in [-0.05, 0) is 92.3 Å². The molecule has 8 heteroatoms. The van der Waals surface area contributed by atoms with E-state index in [0.29, 0.717) is 24.9 Å². The molecule has 3 aliphatic carbocycles. The van der Waals surface area contributed by atoms with Crippen molar-refractivity contribution in [1.82, 2.24) is 9.80 Å². The van der Waals surface area contributed by atoms with Gasteiger partial charge in [-0.2, -0.15) is 13.2 Å². The molecule has 5 atom stereocenters. The van der Waals surface area contributed by atoms with Crippen molar-refractivity contribution in [2.45, 2.75) is 87.8 Å². The van der Waals surface area contributed by atoms with Crippen LogP contribution in [0.4, 0.5) is 13.2 Å². The lowest BCUT2D eigenvalue weighted by molar-refractivity contribution is -0.201. The fourth-order valence-electron chi connectivity index (χ4n) is 8.61. The van der Waals surface area contributed by atoms with Crippen LogP contribution in [0.3, 0.4) is 0 Å². The summed E-state index contributed by atoms with van der Waals surface area (Å²) in [5, 5.41) is 12.7. The average molecular weight is 581 g/mol. The van der Waals surface area contributed by atoms with E-state index in [0.717, 1.165) is 55.3 Å². The monoisotopic (exact) mass is 580 g/mol. The molecule has 224 valence electrons. The summed E-state index contributed by atoms with van der Waals surface area (Å²) in [6.45, 7) is 6.54. The third-order valence-electron chi connectivity index (χ3n) is 10.5. The third kappa shape index (κ3) is 4.31. The molecule has 5 nitrogen and oxygen atoms in total. The first-order valence-electron chi connectivity index (χ1n) is 15.4. The van der Waals surface area contributed by atoms with Crippen molar-refractivity contribution in [3.8, 4) is 5.75 Å². The number of amides is 1. The Labute approximate surface area is 245 Å². The van der Waals surface area contributed by atoms with Gasteiger partial charge in [-0.15, -0.1) is 0 Å². The first-order chi connectivity index (χ1) is 20.0. The SMILES string of the molecule is CC(C)CN(C(=O)C=Cc1cccc(C(F)(F)F)c1)[C@H]1CC[C@@]2(O)[C@H]3Cc4cccc5c4[C@@]2(CCN3CC2CC2)[C@H]1O5. The van der Waals surface area contributed by atoms with Crippen molar-refractivity contribution in [3.63, 3.8) is 0 Å². The van der Waals surface area contributed by atoms with Crippen molar-refractivity contribution in [2.24, 2.45) is 11.8 Å². The summed E-state index contributed by atoms with van der Waals surface area (Å²) < 4.78 is 46.6. The first-order valence-corrected chi connectivity index (χ1v) is 15.4. The Morgan fingerprint density at radius 3 is 2.69 bits per heavy atom. The van der Waals surface area contributed by atoms with E-state index >= 15 is 0 Å². The predicted octanol–water partition coefficient (Wildman–Crippen LogP) is 5.84. The summed E-state index contributed by atoms with van der Waals surface area (Å²) in [4.78, 5) is 18.3. The number of nitrogens with zero attached hydrogens (tertiary/aromatic N) is 2. The Balaban J connectivity index is 1.23. The van der Waals surface area contributed by atoms with Crippen LogP contribution in [0.1, 0.15) is 68.2 Å². The summed E-state index contributed by atoms with van der Waals surface area (Å²) in [6, 6.07) is 11.0. The highest BCUT2D eigenvalue weighted by Gasteiger charge is 2.73. The molecule has 1 N–H and O–H groups in total. The fraction of sp³-hybridized carbons (Fsp3) is 0.559. The molecule has 2 saturated carbocycles. The van der Waals surface area contributed by atoms with Gasteiger partial charge in [0.1, 0.15) is 11.9 Å². The summed E-state index contributed by atoms with van der Waals surface area (Å²) >= 11 is 0. The number of piperidine rings is 1. The van der Waals surface area contributed by atoms with Crippen LogP contribution in [0.25, 0.3) is 6.08 Å². The number of alkyl halides is 3. The standard InChI is InChI=1S/C34H39F3N2O3/c1-21(2)19-39(29(40)12-11-22-5-3-7-25(17-22)34(35,36)37)26-13-14-33(41)28-18-24-6-4-8-27-30(24)32(33,31(26)42-27)15-16-38(28)20-23-9-10-23/h3-8,11-12,17,21,23,26,28,31,41H,9-10,13-16,18-20H2,1-2H3/t26-,28+,31-,32-,33+/m0/s1. The van der Waals surface area contributed by atoms with Gasteiger partial charge in [-0.3, -0.25) is 9.69 Å². The lowest BCUT2D eigenvalue weighted by Crippen LogP contribution is -2.78. The van der Waals surface area contributed by atoms with Crippen LogP contribution in [0, 0.1) is 11.8 Å². The fourth-order valence-corrected chi connectivity index (χ4v) is 8.61. The summed E-state index contributed by atoms with van der Waals surface area (Å²) in [5.74, 6) is 1.48. The predicted molar refractivity (Wildman–Crippen MR) is 154 cm³/mol. The molecule has 0 aromatic heterocycles. The molecular formula is C34H39F3N2O3. The maximum atomic E-state index is 13.9. The molecule has 1 saturated heterocycles. The topological polar surface area (TPSA) is 53.0 Å². The second-order valence-corrected chi connectivity index (χ2v) is 13.6. The van der Waals surface area contributed by atoms with Gasteiger partial charge in [-0.1, -0.05) is 38.1 Å². The van der Waals surface area contributed by atoms with Crippen LogP contribution in [0.2, 0.25) is 0 Å². The largest absolute Gasteiger partial charge is 0.487 e. The van der Waals surface area contributed by atoms with Crippen LogP contribution in [0.15, 0.2) is 48.5 Å². The number of rotatable bonds is 7. The lowest BCUT2D eigenvalue weighted by atomic mass is 9.48. The van der Waals surface area contributed by atoms with Gasteiger partial charge in [0.2, 0.25) is 5.91 Å². The normalized spacial score (nSPS) is 31.7. The molecule has 2 bridgehead atoms. The van der Waals surface area contributed by atoms with Gasteiger partial charge in [0.25, 0.3) is 0 Å². The average Bonchev–Trinajstić information content (AvgIpc) is 3.69. The highest BCUT2D eigenvalue weighted by atomic mass is 19.4. The highest BCUT2D eigenvalue weighted by molar-refractivity contribution is 5.92.